The van der Waals surface area contributed by atoms with E-state index in [0.717, 1.165) is 5.56 Å². The van der Waals surface area contributed by atoms with Crippen molar-refractivity contribution in [3.05, 3.63) is 29.6 Å². The molecule has 0 fully saturated rings. The molecule has 17 heavy (non-hydrogen) atoms. The molecule has 0 bridgehead atoms. The minimum Gasteiger partial charge on any atom is -0.382 e. The van der Waals surface area contributed by atoms with E-state index in [-0.39, 0.29) is 0 Å². The minimum atomic E-state index is -4.64. The van der Waals surface area contributed by atoms with Crippen LogP contribution in [0, 0.1) is 5.82 Å². The number of aliphatic hydroxyl groups excluding tert-OH is 1. The molecule has 94 valence electrons. The molecule has 1 aromatic rings. The Morgan fingerprint density at radius 2 is 2.06 bits per heavy atom. The van der Waals surface area contributed by atoms with Crippen LogP contribution in [-0.2, 0) is 6.42 Å². The highest BCUT2D eigenvalue weighted by atomic mass is 19.4. The lowest BCUT2D eigenvalue weighted by Crippen LogP contribution is -2.40. The smallest absolute Gasteiger partial charge is 0.382 e. The largest absolute Gasteiger partial charge is 0.416 e. The molecule has 6 heteroatoms. The van der Waals surface area contributed by atoms with Crippen molar-refractivity contribution >= 4 is 5.69 Å². The van der Waals surface area contributed by atoms with Gasteiger partial charge in [0.15, 0.2) is 6.10 Å². The number of aliphatic hydroxyl groups is 1. The van der Waals surface area contributed by atoms with Gasteiger partial charge < -0.3 is 10.0 Å². The zero-order valence-corrected chi connectivity index (χ0v) is 8.84. The number of hydrogen-bond acceptors (Lipinski definition) is 2. The van der Waals surface area contributed by atoms with Gasteiger partial charge in [0.2, 0.25) is 0 Å². The molecule has 2 rings (SSSR count). The molecule has 0 amide bonds. The summed E-state index contributed by atoms with van der Waals surface area (Å²) in [5.41, 5.74) is 1.24. The number of alkyl halides is 3. The Morgan fingerprint density at radius 3 is 2.71 bits per heavy atom. The van der Waals surface area contributed by atoms with Crippen LogP contribution in [-0.4, -0.2) is 30.5 Å². The van der Waals surface area contributed by atoms with E-state index in [1.165, 1.54) is 17.0 Å². The normalized spacial score (nSPS) is 17.1. The third-order valence-electron chi connectivity index (χ3n) is 2.81. The maximum Gasteiger partial charge on any atom is 0.416 e. The second-order valence-corrected chi connectivity index (χ2v) is 4.03. The van der Waals surface area contributed by atoms with E-state index in [1.54, 1.807) is 6.07 Å². The highest BCUT2D eigenvalue weighted by molar-refractivity contribution is 5.58. The van der Waals surface area contributed by atoms with Gasteiger partial charge in [-0.05, 0) is 24.1 Å². The third-order valence-corrected chi connectivity index (χ3v) is 2.81. The Hall–Kier alpha value is -1.30. The standard InChI is InChI=1S/C11H11F4NO/c12-8-2-1-7-3-4-16(9(7)5-8)6-10(17)11(13,14)15/h1-2,5,10,17H,3-4,6H2. The molecule has 0 saturated heterocycles. The van der Waals surface area contributed by atoms with Crippen LogP contribution in [0.25, 0.3) is 0 Å². The van der Waals surface area contributed by atoms with Crippen molar-refractivity contribution in [2.24, 2.45) is 0 Å². The van der Waals surface area contributed by atoms with Crippen LogP contribution in [0.2, 0.25) is 0 Å². The van der Waals surface area contributed by atoms with Crippen molar-refractivity contribution < 1.29 is 22.7 Å². The zero-order chi connectivity index (χ0) is 12.6. The van der Waals surface area contributed by atoms with Crippen LogP contribution in [0.1, 0.15) is 5.56 Å². The molecular weight excluding hydrogens is 238 g/mol. The highest BCUT2D eigenvalue weighted by Gasteiger charge is 2.40. The second kappa shape index (κ2) is 4.18. The van der Waals surface area contributed by atoms with Crippen LogP contribution >= 0.6 is 0 Å². The van der Waals surface area contributed by atoms with E-state index in [9.17, 15) is 17.6 Å². The van der Waals surface area contributed by atoms with Crippen molar-refractivity contribution in [1.82, 2.24) is 0 Å². The number of nitrogens with zero attached hydrogens (tertiary/aromatic N) is 1. The van der Waals surface area contributed by atoms with Crippen LogP contribution in [0.4, 0.5) is 23.2 Å². The van der Waals surface area contributed by atoms with Gasteiger partial charge in [0.25, 0.3) is 0 Å². The molecular formula is C11H11F4NO. The summed E-state index contributed by atoms with van der Waals surface area (Å²) in [6, 6.07) is 4.04. The summed E-state index contributed by atoms with van der Waals surface area (Å²) in [5, 5.41) is 8.98. The number of benzene rings is 1. The maximum atomic E-state index is 13.0. The molecule has 0 aromatic heterocycles. The van der Waals surface area contributed by atoms with Crippen LogP contribution in [0.5, 0.6) is 0 Å². The third kappa shape index (κ3) is 2.52. The minimum absolute atomic E-state index is 0.367. The molecule has 0 saturated carbocycles. The van der Waals surface area contributed by atoms with Gasteiger partial charge in [0.05, 0.1) is 6.54 Å². The molecule has 2 nitrogen and oxygen atoms in total. The van der Waals surface area contributed by atoms with E-state index in [1.807, 2.05) is 0 Å². The first-order valence-electron chi connectivity index (χ1n) is 5.16. The van der Waals surface area contributed by atoms with Gasteiger partial charge in [-0.3, -0.25) is 0 Å². The molecule has 1 aromatic carbocycles. The SMILES string of the molecule is OC(CN1CCc2ccc(F)cc21)C(F)(F)F. The van der Waals surface area contributed by atoms with E-state index in [2.05, 4.69) is 0 Å². The topological polar surface area (TPSA) is 23.5 Å². The van der Waals surface area contributed by atoms with E-state index < -0.39 is 24.6 Å². The predicted molar refractivity (Wildman–Crippen MR) is 54.4 cm³/mol. The molecule has 0 aliphatic carbocycles. The molecule has 1 aliphatic rings. The summed E-state index contributed by atoms with van der Waals surface area (Å²) < 4.78 is 49.6. The van der Waals surface area contributed by atoms with Gasteiger partial charge in [0.1, 0.15) is 5.82 Å². The molecule has 1 heterocycles. The lowest BCUT2D eigenvalue weighted by Gasteiger charge is -2.24. The van der Waals surface area contributed by atoms with E-state index in [0.29, 0.717) is 18.7 Å². The van der Waals surface area contributed by atoms with E-state index in [4.69, 9.17) is 5.11 Å². The molecule has 1 unspecified atom stereocenters. The Balaban J connectivity index is 2.14. The van der Waals surface area contributed by atoms with Crippen molar-refractivity contribution in [2.75, 3.05) is 18.0 Å². The summed E-state index contributed by atoms with van der Waals surface area (Å²) in [4.78, 5) is 1.36. The molecule has 1 aliphatic heterocycles. The number of anilines is 1. The first kappa shape index (κ1) is 12.2. The quantitative estimate of drug-likeness (QED) is 0.811. The van der Waals surface area contributed by atoms with Gasteiger partial charge >= 0.3 is 6.18 Å². The molecule has 0 radical (unpaired) electrons. The summed E-state index contributed by atoms with van der Waals surface area (Å²) in [7, 11) is 0. The average Bonchev–Trinajstić information content (AvgIpc) is 2.60. The summed E-state index contributed by atoms with van der Waals surface area (Å²) >= 11 is 0. The predicted octanol–water partition coefficient (Wildman–Crippen LogP) is 2.11. The maximum absolute atomic E-state index is 13.0. The van der Waals surface area contributed by atoms with Crippen molar-refractivity contribution in [1.29, 1.82) is 0 Å². The van der Waals surface area contributed by atoms with Gasteiger partial charge in [-0.2, -0.15) is 13.2 Å². The summed E-state index contributed by atoms with van der Waals surface area (Å²) in [5.74, 6) is -0.489. The number of fused-ring (bicyclic) bond motifs is 1. The fourth-order valence-corrected chi connectivity index (χ4v) is 1.92. The van der Waals surface area contributed by atoms with Crippen LogP contribution in [0.15, 0.2) is 18.2 Å². The van der Waals surface area contributed by atoms with Crippen molar-refractivity contribution in [2.45, 2.75) is 18.7 Å². The summed E-state index contributed by atoms with van der Waals surface area (Å²) in [6.45, 7) is -0.189. The Morgan fingerprint density at radius 1 is 1.35 bits per heavy atom. The van der Waals surface area contributed by atoms with Gasteiger partial charge in [-0.25, -0.2) is 4.39 Å². The second-order valence-electron chi connectivity index (χ2n) is 4.03. The molecule has 1 atom stereocenters. The molecule has 0 spiro atoms. The first-order chi connectivity index (χ1) is 7.88. The number of rotatable bonds is 2. The average molecular weight is 249 g/mol. The fourth-order valence-electron chi connectivity index (χ4n) is 1.92. The highest BCUT2D eigenvalue weighted by Crippen LogP contribution is 2.30. The van der Waals surface area contributed by atoms with Crippen LogP contribution in [0.3, 0.4) is 0 Å². The fraction of sp³-hybridized carbons (Fsp3) is 0.455. The zero-order valence-electron chi connectivity index (χ0n) is 8.84. The number of hydrogen-bond donors (Lipinski definition) is 1. The Kier molecular flexibility index (Phi) is 2.99. The Labute approximate surface area is 95.5 Å². The first-order valence-corrected chi connectivity index (χ1v) is 5.16. The molecule has 1 N–H and O–H groups in total. The lowest BCUT2D eigenvalue weighted by molar-refractivity contribution is -0.200. The van der Waals surface area contributed by atoms with Crippen molar-refractivity contribution in [3.63, 3.8) is 0 Å². The van der Waals surface area contributed by atoms with Gasteiger partial charge in [-0.1, -0.05) is 6.07 Å². The Bertz CT molecular complexity index is 418. The van der Waals surface area contributed by atoms with Gasteiger partial charge in [0, 0.05) is 12.2 Å². The van der Waals surface area contributed by atoms with Gasteiger partial charge in [-0.15, -0.1) is 0 Å². The number of halogens is 4. The van der Waals surface area contributed by atoms with Crippen LogP contribution < -0.4 is 4.90 Å². The van der Waals surface area contributed by atoms with E-state index >= 15 is 0 Å². The monoisotopic (exact) mass is 249 g/mol. The number of β-amino-alcohol motifs (C(OH)–C–C–N with tert-alkyl or cyclic N) is 1. The summed E-state index contributed by atoms with van der Waals surface area (Å²) in [6.07, 6.45) is -6.48. The lowest BCUT2D eigenvalue weighted by atomic mass is 10.1. The van der Waals surface area contributed by atoms with Crippen molar-refractivity contribution in [3.8, 4) is 0 Å².